The number of carbonyl (C=O) groups excluding carboxylic acids is 1. The van der Waals surface area contributed by atoms with Crippen LogP contribution in [0.2, 0.25) is 15.2 Å². The summed E-state index contributed by atoms with van der Waals surface area (Å²) in [4.78, 5) is 19.2. The van der Waals surface area contributed by atoms with Crippen LogP contribution in [0.15, 0.2) is 11.2 Å². The van der Waals surface area contributed by atoms with Gasteiger partial charge in [0.2, 0.25) is 0 Å². The van der Waals surface area contributed by atoms with Gasteiger partial charge in [-0.2, -0.15) is 5.10 Å². The summed E-state index contributed by atoms with van der Waals surface area (Å²) in [5, 5.41) is 4.92. The molecule has 0 spiro atoms. The number of rotatable bonds is 5. The average molecular weight is 404 g/mol. The van der Waals surface area contributed by atoms with Gasteiger partial charge in [-0.3, -0.25) is 5.43 Å². The molecule has 0 aliphatic rings. The fraction of sp³-hybridized carbons (Fsp3) is 0.312. The molecule has 2 aromatic heterocycles. The maximum absolute atomic E-state index is 12.1. The number of anilines is 1. The second-order valence-electron chi connectivity index (χ2n) is 5.25. The lowest BCUT2D eigenvalue weighted by molar-refractivity contribution is 0.0525. The number of carbonyl (C=O) groups is 1. The van der Waals surface area contributed by atoms with Crippen molar-refractivity contribution in [2.75, 3.05) is 12.0 Å². The van der Waals surface area contributed by atoms with Gasteiger partial charge in [0.1, 0.15) is 5.15 Å². The van der Waals surface area contributed by atoms with Crippen LogP contribution in [-0.4, -0.2) is 28.3 Å². The van der Waals surface area contributed by atoms with Gasteiger partial charge in [-0.15, -0.1) is 0 Å². The summed E-state index contributed by atoms with van der Waals surface area (Å²) in [6.45, 7) is 7.50. The summed E-state index contributed by atoms with van der Waals surface area (Å²) >= 11 is 17.8. The molecule has 25 heavy (non-hydrogen) atoms. The van der Waals surface area contributed by atoms with Gasteiger partial charge in [-0.1, -0.05) is 34.8 Å². The van der Waals surface area contributed by atoms with Crippen molar-refractivity contribution in [1.29, 1.82) is 0 Å². The van der Waals surface area contributed by atoms with Crippen LogP contribution in [0.3, 0.4) is 0 Å². The lowest BCUT2D eigenvalue weighted by Gasteiger charge is -2.06. The van der Waals surface area contributed by atoms with Crippen LogP contribution in [0.5, 0.6) is 0 Å². The standard InChI is InChI=1S/C16H17Cl3N4O2/c1-5-25-16(24)12-7(2)13(20-8(12)3)9(4)22-23-15-11(18)6-10(17)14(19)21-15/h6,20H,5H2,1-4H3,(H,21,23). The zero-order valence-electron chi connectivity index (χ0n) is 14.1. The van der Waals surface area contributed by atoms with Gasteiger partial charge >= 0.3 is 5.97 Å². The van der Waals surface area contributed by atoms with Crippen molar-refractivity contribution >= 4 is 52.3 Å². The topological polar surface area (TPSA) is 79.4 Å². The Labute approximate surface area is 160 Å². The summed E-state index contributed by atoms with van der Waals surface area (Å²) in [6, 6.07) is 1.48. The monoisotopic (exact) mass is 402 g/mol. The van der Waals surface area contributed by atoms with Crippen LogP contribution >= 0.6 is 34.8 Å². The van der Waals surface area contributed by atoms with E-state index in [0.29, 0.717) is 29.3 Å². The summed E-state index contributed by atoms with van der Waals surface area (Å²) in [6.07, 6.45) is 0. The van der Waals surface area contributed by atoms with Gasteiger partial charge in [0.25, 0.3) is 0 Å². The molecule has 6 nitrogen and oxygen atoms in total. The molecule has 2 rings (SSSR count). The Morgan fingerprint density at radius 1 is 1.32 bits per heavy atom. The zero-order valence-corrected chi connectivity index (χ0v) is 16.4. The summed E-state index contributed by atoms with van der Waals surface area (Å²) < 4.78 is 5.08. The molecule has 2 N–H and O–H groups in total. The number of aromatic amines is 1. The molecule has 0 bridgehead atoms. The Hall–Kier alpha value is -1.76. The molecule has 0 aliphatic heterocycles. The molecular formula is C16H17Cl3N4O2. The number of aryl methyl sites for hydroxylation is 1. The number of halogens is 3. The first-order valence-corrected chi connectivity index (χ1v) is 8.58. The molecule has 0 aliphatic carbocycles. The first-order chi connectivity index (χ1) is 11.8. The van der Waals surface area contributed by atoms with E-state index in [0.717, 1.165) is 5.56 Å². The Kier molecular flexibility index (Phi) is 6.32. The maximum Gasteiger partial charge on any atom is 0.340 e. The summed E-state index contributed by atoms with van der Waals surface area (Å²) in [5.74, 6) is -0.0862. The smallest absolute Gasteiger partial charge is 0.340 e. The Morgan fingerprint density at radius 2 is 2.00 bits per heavy atom. The normalized spacial score (nSPS) is 11.6. The Morgan fingerprint density at radius 3 is 2.64 bits per heavy atom. The van der Waals surface area contributed by atoms with E-state index in [2.05, 4.69) is 20.5 Å². The van der Waals surface area contributed by atoms with E-state index >= 15 is 0 Å². The van der Waals surface area contributed by atoms with E-state index in [-0.39, 0.29) is 27.0 Å². The van der Waals surface area contributed by atoms with E-state index in [1.165, 1.54) is 6.07 Å². The van der Waals surface area contributed by atoms with Gasteiger partial charge in [0.15, 0.2) is 5.82 Å². The molecule has 0 fully saturated rings. The number of hydrogen-bond acceptors (Lipinski definition) is 5. The number of nitrogens with one attached hydrogen (secondary N) is 2. The highest BCUT2D eigenvalue weighted by Crippen LogP contribution is 2.29. The molecule has 0 saturated heterocycles. The van der Waals surface area contributed by atoms with Gasteiger partial charge in [-0.05, 0) is 39.3 Å². The van der Waals surface area contributed by atoms with E-state index in [9.17, 15) is 4.79 Å². The predicted molar refractivity (Wildman–Crippen MR) is 101 cm³/mol. The number of hydrazone groups is 1. The van der Waals surface area contributed by atoms with Crippen LogP contribution in [0.4, 0.5) is 5.82 Å². The summed E-state index contributed by atoms with van der Waals surface area (Å²) in [7, 11) is 0. The number of hydrogen-bond donors (Lipinski definition) is 2. The van der Waals surface area contributed by atoms with Crippen molar-refractivity contribution in [2.45, 2.75) is 27.7 Å². The van der Waals surface area contributed by atoms with E-state index < -0.39 is 0 Å². The Bertz CT molecular complexity index is 846. The van der Waals surface area contributed by atoms with Crippen LogP contribution in [-0.2, 0) is 4.74 Å². The lowest BCUT2D eigenvalue weighted by Crippen LogP contribution is -2.07. The van der Waals surface area contributed by atoms with Crippen LogP contribution in [0.1, 0.15) is 41.2 Å². The lowest BCUT2D eigenvalue weighted by atomic mass is 10.1. The number of ether oxygens (including phenoxy) is 1. The number of H-pyrrole nitrogens is 1. The van der Waals surface area contributed by atoms with Crippen LogP contribution < -0.4 is 5.43 Å². The quantitative estimate of drug-likeness (QED) is 0.319. The fourth-order valence-electron chi connectivity index (χ4n) is 2.34. The highest BCUT2D eigenvalue weighted by molar-refractivity contribution is 6.42. The summed E-state index contributed by atoms with van der Waals surface area (Å²) in [5.41, 5.74) is 6.06. The molecular weight excluding hydrogens is 387 g/mol. The first-order valence-electron chi connectivity index (χ1n) is 7.44. The van der Waals surface area contributed by atoms with Gasteiger partial charge in [0, 0.05) is 5.69 Å². The maximum atomic E-state index is 12.1. The molecule has 134 valence electrons. The average Bonchev–Trinajstić information content (AvgIpc) is 2.84. The van der Waals surface area contributed by atoms with Crippen molar-refractivity contribution in [1.82, 2.24) is 9.97 Å². The fourth-order valence-corrected chi connectivity index (χ4v) is 2.88. The van der Waals surface area contributed by atoms with Crippen molar-refractivity contribution in [3.63, 3.8) is 0 Å². The molecule has 0 unspecified atom stereocenters. The number of nitrogens with zero attached hydrogens (tertiary/aromatic N) is 2. The van der Waals surface area contributed by atoms with E-state index in [1.807, 2.05) is 6.92 Å². The minimum Gasteiger partial charge on any atom is -0.462 e. The second-order valence-corrected chi connectivity index (χ2v) is 6.42. The predicted octanol–water partition coefficient (Wildman–Crippen LogP) is 5.00. The van der Waals surface area contributed by atoms with E-state index in [4.69, 9.17) is 39.5 Å². The van der Waals surface area contributed by atoms with Crippen LogP contribution in [0, 0.1) is 13.8 Å². The van der Waals surface area contributed by atoms with Crippen molar-refractivity contribution < 1.29 is 9.53 Å². The molecule has 9 heteroatoms. The number of pyridine rings is 1. The minimum absolute atomic E-state index is 0.123. The molecule has 0 radical (unpaired) electrons. The van der Waals surface area contributed by atoms with Crippen molar-refractivity contribution in [2.24, 2.45) is 5.10 Å². The largest absolute Gasteiger partial charge is 0.462 e. The van der Waals surface area contributed by atoms with E-state index in [1.54, 1.807) is 20.8 Å². The van der Waals surface area contributed by atoms with Gasteiger partial charge in [-0.25, -0.2) is 9.78 Å². The molecule has 0 amide bonds. The third-order valence-corrected chi connectivity index (χ3v) is 4.46. The first kappa shape index (κ1) is 19.6. The molecule has 0 aromatic carbocycles. The third-order valence-electron chi connectivity index (χ3n) is 3.50. The third kappa shape index (κ3) is 4.26. The van der Waals surface area contributed by atoms with Gasteiger partial charge < -0.3 is 9.72 Å². The second kappa shape index (κ2) is 8.08. The van der Waals surface area contributed by atoms with Gasteiger partial charge in [0.05, 0.1) is 33.6 Å². The highest BCUT2D eigenvalue weighted by Gasteiger charge is 2.20. The molecule has 2 heterocycles. The zero-order chi connectivity index (χ0) is 18.7. The highest BCUT2D eigenvalue weighted by atomic mass is 35.5. The minimum atomic E-state index is -0.366. The number of esters is 1. The number of aromatic nitrogens is 2. The SMILES string of the molecule is CCOC(=O)c1c(C)[nH]c(C(C)=NNc2nc(Cl)c(Cl)cc2Cl)c1C. The molecule has 0 saturated carbocycles. The Balaban J connectivity index is 2.30. The van der Waals surface area contributed by atoms with Crippen LogP contribution in [0.25, 0.3) is 0 Å². The molecule has 2 aromatic rings. The van der Waals surface area contributed by atoms with Crippen molar-refractivity contribution in [3.8, 4) is 0 Å². The van der Waals surface area contributed by atoms with Crippen molar-refractivity contribution in [3.05, 3.63) is 43.8 Å². The molecule has 0 atom stereocenters.